The number of nitrogens with zero attached hydrogens (tertiary/aromatic N) is 1. The topological polar surface area (TPSA) is 101 Å². The SMILES string of the molecule is Cc1noc(C)c1S(=O)(=O)N[C@H](C)C(=O)N[C@@H](C)CCc1ccccc1. The van der Waals surface area contributed by atoms with Crippen LogP contribution in [-0.4, -0.2) is 31.6 Å². The Hall–Kier alpha value is -2.19. The van der Waals surface area contributed by atoms with E-state index in [2.05, 4.69) is 15.2 Å². The molecule has 0 aliphatic rings. The van der Waals surface area contributed by atoms with Crippen LogP contribution in [0.25, 0.3) is 0 Å². The minimum Gasteiger partial charge on any atom is -0.360 e. The molecule has 0 spiro atoms. The van der Waals surface area contributed by atoms with E-state index in [4.69, 9.17) is 4.52 Å². The summed E-state index contributed by atoms with van der Waals surface area (Å²) in [7, 11) is -3.88. The van der Waals surface area contributed by atoms with Crippen LogP contribution in [0.3, 0.4) is 0 Å². The van der Waals surface area contributed by atoms with Crippen molar-refractivity contribution in [2.75, 3.05) is 0 Å². The minimum atomic E-state index is -3.88. The molecule has 0 aliphatic carbocycles. The summed E-state index contributed by atoms with van der Waals surface area (Å²) in [5.41, 5.74) is 1.46. The van der Waals surface area contributed by atoms with Gasteiger partial charge in [0, 0.05) is 6.04 Å². The molecule has 26 heavy (non-hydrogen) atoms. The largest absolute Gasteiger partial charge is 0.360 e. The maximum atomic E-state index is 12.5. The zero-order valence-corrected chi connectivity index (χ0v) is 16.3. The fourth-order valence-corrected chi connectivity index (χ4v) is 4.20. The summed E-state index contributed by atoms with van der Waals surface area (Å²) in [5, 5.41) is 6.48. The normalized spacial score (nSPS) is 14.0. The Balaban J connectivity index is 1.90. The van der Waals surface area contributed by atoms with Gasteiger partial charge in [0.1, 0.15) is 10.6 Å². The monoisotopic (exact) mass is 379 g/mol. The van der Waals surface area contributed by atoms with Crippen LogP contribution in [0.5, 0.6) is 0 Å². The van der Waals surface area contributed by atoms with E-state index in [1.165, 1.54) is 19.4 Å². The number of benzene rings is 1. The lowest BCUT2D eigenvalue weighted by molar-refractivity contribution is -0.123. The molecule has 1 amide bonds. The highest BCUT2D eigenvalue weighted by Gasteiger charge is 2.28. The zero-order valence-electron chi connectivity index (χ0n) is 15.4. The molecule has 0 bridgehead atoms. The average Bonchev–Trinajstić information content (AvgIpc) is 2.93. The molecule has 0 saturated heterocycles. The van der Waals surface area contributed by atoms with Crippen molar-refractivity contribution in [3.05, 3.63) is 47.3 Å². The Labute approximate surface area is 154 Å². The second-order valence-corrected chi connectivity index (χ2v) is 8.08. The van der Waals surface area contributed by atoms with Crippen LogP contribution < -0.4 is 10.0 Å². The van der Waals surface area contributed by atoms with Gasteiger partial charge in [-0.1, -0.05) is 35.5 Å². The van der Waals surface area contributed by atoms with Gasteiger partial charge in [0.2, 0.25) is 15.9 Å². The number of rotatable bonds is 8. The van der Waals surface area contributed by atoms with Gasteiger partial charge in [-0.2, -0.15) is 4.72 Å². The lowest BCUT2D eigenvalue weighted by atomic mass is 10.1. The third-order valence-electron chi connectivity index (χ3n) is 4.06. The van der Waals surface area contributed by atoms with Crippen molar-refractivity contribution >= 4 is 15.9 Å². The molecule has 2 atom stereocenters. The number of hydrogen-bond donors (Lipinski definition) is 2. The molecule has 8 heteroatoms. The van der Waals surface area contributed by atoms with E-state index in [-0.39, 0.29) is 28.3 Å². The number of nitrogens with one attached hydrogen (secondary N) is 2. The maximum absolute atomic E-state index is 12.5. The van der Waals surface area contributed by atoms with Gasteiger partial charge in [0.15, 0.2) is 5.76 Å². The molecule has 2 N–H and O–H groups in total. The molecule has 0 aliphatic heterocycles. The number of carbonyl (C=O) groups excluding carboxylic acids is 1. The van der Waals surface area contributed by atoms with Crippen molar-refractivity contribution < 1.29 is 17.7 Å². The van der Waals surface area contributed by atoms with Crippen molar-refractivity contribution in [1.29, 1.82) is 0 Å². The van der Waals surface area contributed by atoms with Crippen molar-refractivity contribution in [3.63, 3.8) is 0 Å². The molecule has 1 aromatic heterocycles. The van der Waals surface area contributed by atoms with Crippen molar-refractivity contribution in [3.8, 4) is 0 Å². The third-order valence-corrected chi connectivity index (χ3v) is 5.84. The van der Waals surface area contributed by atoms with Gasteiger partial charge in [-0.05, 0) is 46.1 Å². The van der Waals surface area contributed by atoms with Crippen LogP contribution in [0.4, 0.5) is 0 Å². The van der Waals surface area contributed by atoms with Crippen molar-refractivity contribution in [1.82, 2.24) is 15.2 Å². The van der Waals surface area contributed by atoms with Gasteiger partial charge >= 0.3 is 0 Å². The van der Waals surface area contributed by atoms with E-state index in [0.717, 1.165) is 12.8 Å². The molecule has 1 heterocycles. The zero-order chi connectivity index (χ0) is 19.3. The summed E-state index contributed by atoms with van der Waals surface area (Å²) in [6.45, 7) is 6.47. The van der Waals surface area contributed by atoms with Gasteiger partial charge in [-0.15, -0.1) is 0 Å². The summed E-state index contributed by atoms with van der Waals surface area (Å²) < 4.78 is 32.2. The van der Waals surface area contributed by atoms with Crippen LogP contribution in [0.2, 0.25) is 0 Å². The van der Waals surface area contributed by atoms with Crippen LogP contribution >= 0.6 is 0 Å². The molecule has 0 radical (unpaired) electrons. The number of aromatic nitrogens is 1. The van der Waals surface area contributed by atoms with E-state index < -0.39 is 16.1 Å². The maximum Gasteiger partial charge on any atom is 0.246 e. The Morgan fingerprint density at radius 2 is 1.85 bits per heavy atom. The summed E-state index contributed by atoms with van der Waals surface area (Å²) in [5.74, 6) is -0.181. The van der Waals surface area contributed by atoms with Crippen LogP contribution in [0.1, 0.15) is 37.3 Å². The highest BCUT2D eigenvalue weighted by molar-refractivity contribution is 7.89. The van der Waals surface area contributed by atoms with Gasteiger partial charge in [-0.3, -0.25) is 4.79 Å². The lowest BCUT2D eigenvalue weighted by Crippen LogP contribution is -2.47. The van der Waals surface area contributed by atoms with Crippen LogP contribution in [0.15, 0.2) is 39.8 Å². The first-order valence-corrected chi connectivity index (χ1v) is 9.98. The Morgan fingerprint density at radius 1 is 1.19 bits per heavy atom. The highest BCUT2D eigenvalue weighted by Crippen LogP contribution is 2.18. The van der Waals surface area contributed by atoms with Gasteiger partial charge < -0.3 is 9.84 Å². The first-order valence-electron chi connectivity index (χ1n) is 8.50. The highest BCUT2D eigenvalue weighted by atomic mass is 32.2. The van der Waals surface area contributed by atoms with Gasteiger partial charge in [0.05, 0.1) is 6.04 Å². The average molecular weight is 379 g/mol. The number of carbonyl (C=O) groups is 1. The van der Waals surface area contributed by atoms with Crippen molar-refractivity contribution in [2.24, 2.45) is 0 Å². The Bertz CT molecular complexity index is 827. The van der Waals surface area contributed by atoms with E-state index in [0.29, 0.717) is 0 Å². The first kappa shape index (κ1) is 20.1. The predicted octanol–water partition coefficient (Wildman–Crippen LogP) is 2.10. The number of aryl methyl sites for hydroxylation is 3. The van der Waals surface area contributed by atoms with Crippen LogP contribution in [-0.2, 0) is 21.2 Å². The molecular weight excluding hydrogens is 354 g/mol. The second kappa shape index (κ2) is 8.46. The Kier molecular flexibility index (Phi) is 6.55. The summed E-state index contributed by atoms with van der Waals surface area (Å²) in [4.78, 5) is 12.3. The number of hydrogen-bond acceptors (Lipinski definition) is 5. The number of amides is 1. The molecule has 1 aromatic carbocycles. The van der Waals surface area contributed by atoms with E-state index in [1.807, 2.05) is 37.3 Å². The first-order chi connectivity index (χ1) is 12.2. The number of sulfonamides is 1. The molecule has 7 nitrogen and oxygen atoms in total. The van der Waals surface area contributed by atoms with E-state index >= 15 is 0 Å². The summed E-state index contributed by atoms with van der Waals surface area (Å²) in [6, 6.07) is 9.00. The third kappa shape index (κ3) is 5.15. The van der Waals surface area contributed by atoms with E-state index in [1.54, 1.807) is 6.92 Å². The predicted molar refractivity (Wildman–Crippen MR) is 98.1 cm³/mol. The Morgan fingerprint density at radius 3 is 2.42 bits per heavy atom. The molecule has 0 unspecified atom stereocenters. The molecule has 0 saturated carbocycles. The van der Waals surface area contributed by atoms with E-state index in [9.17, 15) is 13.2 Å². The lowest BCUT2D eigenvalue weighted by Gasteiger charge is -2.18. The quantitative estimate of drug-likeness (QED) is 0.731. The second-order valence-electron chi connectivity index (χ2n) is 6.43. The molecular formula is C18H25N3O4S. The molecule has 142 valence electrons. The van der Waals surface area contributed by atoms with Crippen LogP contribution in [0, 0.1) is 13.8 Å². The molecule has 0 fully saturated rings. The summed E-state index contributed by atoms with van der Waals surface area (Å²) >= 11 is 0. The minimum absolute atomic E-state index is 0.0192. The van der Waals surface area contributed by atoms with Gasteiger partial charge in [0.25, 0.3) is 0 Å². The fourth-order valence-electron chi connectivity index (χ4n) is 2.67. The smallest absolute Gasteiger partial charge is 0.246 e. The summed E-state index contributed by atoms with van der Waals surface area (Å²) in [6.07, 6.45) is 1.60. The van der Waals surface area contributed by atoms with Gasteiger partial charge in [-0.25, -0.2) is 8.42 Å². The van der Waals surface area contributed by atoms with Crippen molar-refractivity contribution in [2.45, 2.75) is 57.5 Å². The molecule has 2 rings (SSSR count). The molecule has 2 aromatic rings. The standard InChI is InChI=1S/C18H25N3O4S/c1-12(10-11-16-8-6-5-7-9-16)19-18(22)14(3)21-26(23,24)17-13(2)20-25-15(17)4/h5-9,12,14,21H,10-11H2,1-4H3,(H,19,22)/t12-,14+/m0/s1. The fraction of sp³-hybridized carbons (Fsp3) is 0.444.